The summed E-state index contributed by atoms with van der Waals surface area (Å²) in [5, 5.41) is 8.89. The van der Waals surface area contributed by atoms with E-state index in [-0.39, 0.29) is 22.6 Å². The van der Waals surface area contributed by atoms with Crippen LogP contribution in [0, 0.1) is 11.3 Å². The molecular weight excluding hydrogens is 340 g/mol. The van der Waals surface area contributed by atoms with Crippen molar-refractivity contribution in [3.8, 4) is 11.8 Å². The molecule has 0 N–H and O–H groups in total. The van der Waals surface area contributed by atoms with Crippen molar-refractivity contribution in [2.75, 3.05) is 4.90 Å². The summed E-state index contributed by atoms with van der Waals surface area (Å²) in [5.74, 6) is 0.00436. The van der Waals surface area contributed by atoms with E-state index < -0.39 is 10.1 Å². The Bertz CT molecular complexity index is 992. The van der Waals surface area contributed by atoms with Gasteiger partial charge in [-0.3, -0.25) is 4.79 Å². The number of hydrogen-bond donors (Lipinski definition) is 0. The largest absolute Gasteiger partial charge is 0.379 e. The summed E-state index contributed by atoms with van der Waals surface area (Å²) in [6.45, 7) is 3.40. The van der Waals surface area contributed by atoms with E-state index in [1.165, 1.54) is 31.2 Å². The standard InChI is InChI=1S/C18H16N2O4S/c1-12-8-15-10-17(6-7-18(15)20(12)13(2)21)25(22,23)24-16-5-3-4-14(9-16)11-19/h3-7,9-10,12H,8H2,1-2H3/t12-/m0/s1. The molecule has 2 aromatic rings. The number of nitrogens with zero attached hydrogens (tertiary/aromatic N) is 2. The molecule has 0 unspecified atom stereocenters. The van der Waals surface area contributed by atoms with Gasteiger partial charge in [0.15, 0.2) is 0 Å². The zero-order chi connectivity index (χ0) is 18.2. The molecule has 1 aliphatic heterocycles. The van der Waals surface area contributed by atoms with Crippen molar-refractivity contribution in [1.29, 1.82) is 5.26 Å². The van der Waals surface area contributed by atoms with E-state index >= 15 is 0 Å². The maximum absolute atomic E-state index is 12.5. The van der Waals surface area contributed by atoms with Crippen LogP contribution in [-0.4, -0.2) is 20.4 Å². The van der Waals surface area contributed by atoms with Crippen molar-refractivity contribution in [3.05, 3.63) is 53.6 Å². The predicted molar refractivity (Wildman–Crippen MR) is 91.7 cm³/mol. The molecule has 128 valence electrons. The highest BCUT2D eigenvalue weighted by Crippen LogP contribution is 2.34. The molecule has 0 bridgehead atoms. The Morgan fingerprint density at radius 1 is 1.28 bits per heavy atom. The van der Waals surface area contributed by atoms with Crippen LogP contribution in [0.3, 0.4) is 0 Å². The summed E-state index contributed by atoms with van der Waals surface area (Å²) >= 11 is 0. The lowest BCUT2D eigenvalue weighted by Crippen LogP contribution is -2.33. The van der Waals surface area contributed by atoms with E-state index in [1.54, 1.807) is 23.1 Å². The minimum absolute atomic E-state index is 0.0151. The van der Waals surface area contributed by atoms with Crippen LogP contribution in [-0.2, 0) is 21.3 Å². The highest BCUT2D eigenvalue weighted by Gasteiger charge is 2.30. The molecule has 0 aliphatic carbocycles. The molecular formula is C18H16N2O4S. The molecule has 0 aromatic heterocycles. The van der Waals surface area contributed by atoms with E-state index in [0.717, 1.165) is 11.3 Å². The molecule has 6 nitrogen and oxygen atoms in total. The number of hydrogen-bond acceptors (Lipinski definition) is 5. The Labute approximate surface area is 146 Å². The van der Waals surface area contributed by atoms with Crippen LogP contribution in [0.5, 0.6) is 5.75 Å². The molecule has 2 aromatic carbocycles. The molecule has 0 spiro atoms. The first-order valence-corrected chi connectivity index (χ1v) is 9.10. The Kier molecular flexibility index (Phi) is 4.23. The number of anilines is 1. The smallest absolute Gasteiger partial charge is 0.339 e. The third-order valence-corrected chi connectivity index (χ3v) is 5.31. The van der Waals surface area contributed by atoms with E-state index in [0.29, 0.717) is 12.0 Å². The van der Waals surface area contributed by atoms with Crippen molar-refractivity contribution >= 4 is 21.7 Å². The number of benzene rings is 2. The fourth-order valence-corrected chi connectivity index (χ4v) is 4.01. The number of carbonyl (C=O) groups excluding carboxylic acids is 1. The van der Waals surface area contributed by atoms with E-state index in [1.807, 2.05) is 13.0 Å². The fraction of sp³-hybridized carbons (Fsp3) is 0.222. The normalized spacial score (nSPS) is 16.2. The lowest BCUT2D eigenvalue weighted by atomic mass is 10.1. The van der Waals surface area contributed by atoms with Crippen LogP contribution in [0.1, 0.15) is 25.0 Å². The fourth-order valence-electron chi connectivity index (χ4n) is 3.04. The van der Waals surface area contributed by atoms with Crippen molar-refractivity contribution in [2.45, 2.75) is 31.2 Å². The molecule has 7 heteroatoms. The number of rotatable bonds is 3. The Morgan fingerprint density at radius 2 is 2.04 bits per heavy atom. The minimum atomic E-state index is -4.03. The third kappa shape index (κ3) is 3.21. The van der Waals surface area contributed by atoms with Gasteiger partial charge in [0, 0.05) is 18.7 Å². The Morgan fingerprint density at radius 3 is 2.72 bits per heavy atom. The topological polar surface area (TPSA) is 87.5 Å². The molecule has 0 saturated carbocycles. The number of carbonyl (C=O) groups is 1. The van der Waals surface area contributed by atoms with Crippen LogP contribution < -0.4 is 9.08 Å². The second-order valence-electron chi connectivity index (χ2n) is 5.91. The van der Waals surface area contributed by atoms with Crippen molar-refractivity contribution in [3.63, 3.8) is 0 Å². The van der Waals surface area contributed by atoms with E-state index in [4.69, 9.17) is 9.44 Å². The first-order chi connectivity index (χ1) is 11.8. The second-order valence-corrected chi connectivity index (χ2v) is 7.46. The number of amides is 1. The second kappa shape index (κ2) is 6.22. The van der Waals surface area contributed by atoms with Gasteiger partial charge in [0.25, 0.3) is 0 Å². The predicted octanol–water partition coefficient (Wildman–Crippen LogP) is 2.62. The lowest BCUT2D eigenvalue weighted by Gasteiger charge is -2.20. The average Bonchev–Trinajstić information content (AvgIpc) is 2.89. The summed E-state index contributed by atoms with van der Waals surface area (Å²) in [4.78, 5) is 13.4. The highest BCUT2D eigenvalue weighted by atomic mass is 32.2. The molecule has 1 amide bonds. The third-order valence-electron chi connectivity index (χ3n) is 4.06. The molecule has 25 heavy (non-hydrogen) atoms. The summed E-state index contributed by atoms with van der Waals surface area (Å²) in [5.41, 5.74) is 1.83. The van der Waals surface area contributed by atoms with Gasteiger partial charge in [0.05, 0.1) is 11.6 Å². The maximum Gasteiger partial charge on any atom is 0.339 e. The van der Waals surface area contributed by atoms with Crippen molar-refractivity contribution in [1.82, 2.24) is 0 Å². The molecule has 1 heterocycles. The van der Waals surface area contributed by atoms with Crippen LogP contribution in [0.25, 0.3) is 0 Å². The van der Waals surface area contributed by atoms with Crippen molar-refractivity contribution < 1.29 is 17.4 Å². The quantitative estimate of drug-likeness (QED) is 0.789. The Balaban J connectivity index is 1.93. The van der Waals surface area contributed by atoms with Gasteiger partial charge in [0.2, 0.25) is 5.91 Å². The van der Waals surface area contributed by atoms with Gasteiger partial charge >= 0.3 is 10.1 Å². The molecule has 1 atom stereocenters. The Hall–Kier alpha value is -2.85. The lowest BCUT2D eigenvalue weighted by molar-refractivity contribution is -0.116. The van der Waals surface area contributed by atoms with Gasteiger partial charge in [-0.25, -0.2) is 0 Å². The van der Waals surface area contributed by atoms with Gasteiger partial charge < -0.3 is 9.08 Å². The van der Waals surface area contributed by atoms with Crippen LogP contribution in [0.2, 0.25) is 0 Å². The van der Waals surface area contributed by atoms with Gasteiger partial charge in [-0.2, -0.15) is 13.7 Å². The SMILES string of the molecule is CC(=O)N1c2ccc(S(=O)(=O)Oc3cccc(C#N)c3)cc2C[C@@H]1C. The van der Waals surface area contributed by atoms with Gasteiger partial charge in [-0.05, 0) is 55.3 Å². The summed E-state index contributed by atoms with van der Waals surface area (Å²) in [7, 11) is -4.03. The minimum Gasteiger partial charge on any atom is -0.379 e. The van der Waals surface area contributed by atoms with Gasteiger partial charge in [-0.1, -0.05) is 6.07 Å². The molecule has 0 saturated heterocycles. The van der Waals surface area contributed by atoms with E-state index in [2.05, 4.69) is 0 Å². The molecule has 0 fully saturated rings. The first kappa shape index (κ1) is 17.0. The van der Waals surface area contributed by atoms with Crippen molar-refractivity contribution in [2.24, 2.45) is 0 Å². The van der Waals surface area contributed by atoms with Crippen LogP contribution >= 0.6 is 0 Å². The molecule has 1 aliphatic rings. The highest BCUT2D eigenvalue weighted by molar-refractivity contribution is 7.87. The van der Waals surface area contributed by atoms with E-state index in [9.17, 15) is 13.2 Å². The monoisotopic (exact) mass is 356 g/mol. The zero-order valence-electron chi connectivity index (χ0n) is 13.8. The maximum atomic E-state index is 12.5. The van der Waals surface area contributed by atoms with Gasteiger partial charge in [-0.15, -0.1) is 0 Å². The van der Waals surface area contributed by atoms with Gasteiger partial charge in [0.1, 0.15) is 10.6 Å². The first-order valence-electron chi connectivity index (χ1n) is 7.69. The summed E-state index contributed by atoms with van der Waals surface area (Å²) < 4.78 is 30.2. The van der Waals surface area contributed by atoms with Crippen LogP contribution in [0.4, 0.5) is 5.69 Å². The van der Waals surface area contributed by atoms with Crippen LogP contribution in [0.15, 0.2) is 47.4 Å². The summed E-state index contributed by atoms with van der Waals surface area (Å²) in [6, 6.07) is 12.5. The zero-order valence-corrected chi connectivity index (χ0v) is 14.6. The molecule has 3 rings (SSSR count). The summed E-state index contributed by atoms with van der Waals surface area (Å²) in [6.07, 6.45) is 0.586. The number of nitriles is 1. The number of fused-ring (bicyclic) bond motifs is 1. The average molecular weight is 356 g/mol. The molecule has 0 radical (unpaired) electrons.